The number of para-hydroxylation sites is 1. The van der Waals surface area contributed by atoms with Crippen molar-refractivity contribution in [2.45, 2.75) is 0 Å². The molecule has 0 fully saturated rings. The van der Waals surface area contributed by atoms with Gasteiger partial charge in [0.1, 0.15) is 5.82 Å². The zero-order valence-corrected chi connectivity index (χ0v) is 11.9. The lowest BCUT2D eigenvalue weighted by Gasteiger charge is -2.09. The summed E-state index contributed by atoms with van der Waals surface area (Å²) in [5.41, 5.74) is 6.52. The molecule has 2 rings (SSSR count). The van der Waals surface area contributed by atoms with E-state index in [0.29, 0.717) is 5.82 Å². The van der Waals surface area contributed by atoms with Crippen molar-refractivity contribution in [3.63, 3.8) is 0 Å². The van der Waals surface area contributed by atoms with Crippen molar-refractivity contribution in [1.29, 1.82) is 0 Å². The first-order valence-corrected chi connectivity index (χ1v) is 6.33. The fourth-order valence-corrected chi connectivity index (χ4v) is 1.97. The minimum absolute atomic E-state index is 0.247. The fraction of sp³-hybridized carbons (Fsp3) is 0. The van der Waals surface area contributed by atoms with Crippen LogP contribution in [0.25, 0.3) is 0 Å². The molecule has 16 heavy (non-hydrogen) atoms. The van der Waals surface area contributed by atoms with E-state index in [1.807, 2.05) is 24.3 Å². The van der Waals surface area contributed by atoms with E-state index in [0.717, 1.165) is 13.7 Å². The van der Waals surface area contributed by atoms with Gasteiger partial charge in [0, 0.05) is 9.77 Å². The van der Waals surface area contributed by atoms with Crippen molar-refractivity contribution in [3.05, 3.63) is 38.5 Å². The molecular weight excluding hydrogens is 383 g/mol. The maximum absolute atomic E-state index is 5.53. The smallest absolute Gasteiger partial charge is 0.222 e. The number of nitrogens with zero attached hydrogens (tertiary/aromatic N) is 2. The third kappa shape index (κ3) is 2.62. The Morgan fingerprint density at radius 3 is 2.81 bits per heavy atom. The van der Waals surface area contributed by atoms with Crippen LogP contribution in [0.2, 0.25) is 0 Å². The van der Waals surface area contributed by atoms with Gasteiger partial charge in [-0.1, -0.05) is 12.1 Å². The van der Waals surface area contributed by atoms with E-state index in [-0.39, 0.29) is 5.95 Å². The lowest BCUT2D eigenvalue weighted by Crippen LogP contribution is -2.01. The largest absolute Gasteiger partial charge is 0.368 e. The number of aromatic nitrogens is 2. The summed E-state index contributed by atoms with van der Waals surface area (Å²) >= 11 is 5.62. The van der Waals surface area contributed by atoms with Crippen LogP contribution in [0.5, 0.6) is 0 Å². The van der Waals surface area contributed by atoms with E-state index < -0.39 is 0 Å². The quantitative estimate of drug-likeness (QED) is 0.773. The van der Waals surface area contributed by atoms with E-state index in [2.05, 4.69) is 53.8 Å². The van der Waals surface area contributed by atoms with Crippen molar-refractivity contribution in [1.82, 2.24) is 9.97 Å². The van der Waals surface area contributed by atoms with E-state index in [4.69, 9.17) is 5.73 Å². The Kier molecular flexibility index (Phi) is 3.59. The number of nitrogen functional groups attached to an aromatic ring is 1. The SMILES string of the molecule is Nc1ncc(Br)c(Nc2ccccc2I)n1. The van der Waals surface area contributed by atoms with Crippen LogP contribution in [-0.4, -0.2) is 9.97 Å². The first-order valence-electron chi connectivity index (χ1n) is 4.46. The second-order valence-electron chi connectivity index (χ2n) is 3.03. The molecular formula is C10H8BrIN4. The molecule has 0 amide bonds. The van der Waals surface area contributed by atoms with Crippen LogP contribution in [0.3, 0.4) is 0 Å². The number of hydrogen-bond donors (Lipinski definition) is 2. The number of hydrogen-bond acceptors (Lipinski definition) is 4. The Labute approximate surface area is 115 Å². The molecule has 4 nitrogen and oxygen atoms in total. The summed E-state index contributed by atoms with van der Waals surface area (Å²) in [6, 6.07) is 7.94. The zero-order valence-electron chi connectivity index (χ0n) is 8.11. The molecule has 2 aromatic rings. The van der Waals surface area contributed by atoms with E-state index in [9.17, 15) is 0 Å². The van der Waals surface area contributed by atoms with E-state index >= 15 is 0 Å². The summed E-state index contributed by atoms with van der Waals surface area (Å²) in [7, 11) is 0. The molecule has 0 aliphatic rings. The Hall–Kier alpha value is -0.890. The normalized spacial score (nSPS) is 10.1. The molecule has 6 heteroatoms. The van der Waals surface area contributed by atoms with Crippen LogP contribution in [0.1, 0.15) is 0 Å². The van der Waals surface area contributed by atoms with Crippen molar-refractivity contribution in [2.24, 2.45) is 0 Å². The molecule has 1 aromatic heterocycles. The standard InChI is InChI=1S/C10H8BrIN4/c11-6-5-14-10(13)16-9(6)15-8-4-2-1-3-7(8)12/h1-5H,(H3,13,14,15,16). The molecule has 0 unspecified atom stereocenters. The molecule has 3 N–H and O–H groups in total. The van der Waals surface area contributed by atoms with Crippen molar-refractivity contribution >= 4 is 56.0 Å². The molecule has 0 aliphatic heterocycles. The molecule has 0 bridgehead atoms. The number of nitrogens with two attached hydrogens (primary N) is 1. The monoisotopic (exact) mass is 390 g/mol. The average Bonchev–Trinajstić information content (AvgIpc) is 2.27. The van der Waals surface area contributed by atoms with Gasteiger partial charge in [0.05, 0.1) is 10.2 Å². The van der Waals surface area contributed by atoms with Gasteiger partial charge in [-0.2, -0.15) is 4.98 Å². The van der Waals surface area contributed by atoms with Gasteiger partial charge in [-0.15, -0.1) is 0 Å². The van der Waals surface area contributed by atoms with Gasteiger partial charge in [-0.05, 0) is 50.7 Å². The van der Waals surface area contributed by atoms with E-state index in [1.54, 1.807) is 6.20 Å². The number of halogens is 2. The molecule has 0 saturated carbocycles. The molecule has 0 atom stereocenters. The maximum Gasteiger partial charge on any atom is 0.222 e. The molecule has 82 valence electrons. The van der Waals surface area contributed by atoms with Crippen LogP contribution in [0, 0.1) is 3.57 Å². The fourth-order valence-electron chi connectivity index (χ4n) is 1.16. The first kappa shape index (κ1) is 11.6. The van der Waals surface area contributed by atoms with Crippen LogP contribution in [-0.2, 0) is 0 Å². The van der Waals surface area contributed by atoms with Gasteiger partial charge in [0.15, 0.2) is 0 Å². The summed E-state index contributed by atoms with van der Waals surface area (Å²) < 4.78 is 1.89. The highest BCUT2D eigenvalue weighted by atomic mass is 127. The topological polar surface area (TPSA) is 63.8 Å². The van der Waals surface area contributed by atoms with Gasteiger partial charge < -0.3 is 11.1 Å². The van der Waals surface area contributed by atoms with Crippen LogP contribution < -0.4 is 11.1 Å². The van der Waals surface area contributed by atoms with Gasteiger partial charge >= 0.3 is 0 Å². The zero-order chi connectivity index (χ0) is 11.5. The molecule has 1 aromatic carbocycles. The van der Waals surface area contributed by atoms with Crippen LogP contribution >= 0.6 is 38.5 Å². The number of benzene rings is 1. The highest BCUT2D eigenvalue weighted by molar-refractivity contribution is 14.1. The Morgan fingerprint density at radius 2 is 2.06 bits per heavy atom. The highest BCUT2D eigenvalue weighted by Crippen LogP contribution is 2.26. The van der Waals surface area contributed by atoms with Gasteiger partial charge in [-0.25, -0.2) is 4.98 Å². The summed E-state index contributed by atoms with van der Waals surface area (Å²) in [6.45, 7) is 0. The lowest BCUT2D eigenvalue weighted by atomic mass is 10.3. The highest BCUT2D eigenvalue weighted by Gasteiger charge is 2.05. The average molecular weight is 391 g/mol. The van der Waals surface area contributed by atoms with Crippen LogP contribution in [0.4, 0.5) is 17.5 Å². The summed E-state index contributed by atoms with van der Waals surface area (Å²) in [4.78, 5) is 8.00. The summed E-state index contributed by atoms with van der Waals surface area (Å²) in [6.07, 6.45) is 1.63. The third-order valence-corrected chi connectivity index (χ3v) is 3.41. The molecule has 0 radical (unpaired) electrons. The molecule has 0 aliphatic carbocycles. The van der Waals surface area contributed by atoms with Crippen molar-refractivity contribution in [2.75, 3.05) is 11.1 Å². The number of anilines is 3. The maximum atomic E-state index is 5.53. The van der Waals surface area contributed by atoms with Crippen molar-refractivity contribution in [3.8, 4) is 0 Å². The summed E-state index contributed by atoms with van der Waals surface area (Å²) in [5, 5.41) is 3.20. The van der Waals surface area contributed by atoms with Gasteiger partial charge in [0.2, 0.25) is 5.95 Å². The van der Waals surface area contributed by atoms with Gasteiger partial charge in [0.25, 0.3) is 0 Å². The Bertz CT molecular complexity index is 518. The first-order chi connectivity index (χ1) is 7.66. The van der Waals surface area contributed by atoms with Crippen molar-refractivity contribution < 1.29 is 0 Å². The Morgan fingerprint density at radius 1 is 1.31 bits per heavy atom. The molecule has 1 heterocycles. The second kappa shape index (κ2) is 4.96. The number of rotatable bonds is 2. The predicted octanol–water partition coefficient (Wildman–Crippen LogP) is 3.17. The van der Waals surface area contributed by atoms with E-state index in [1.165, 1.54) is 0 Å². The minimum Gasteiger partial charge on any atom is -0.368 e. The third-order valence-electron chi connectivity index (χ3n) is 1.89. The Balaban J connectivity index is 2.34. The summed E-state index contributed by atoms with van der Waals surface area (Å²) in [5.74, 6) is 0.910. The minimum atomic E-state index is 0.247. The molecule has 0 spiro atoms. The van der Waals surface area contributed by atoms with Gasteiger partial charge in [-0.3, -0.25) is 0 Å². The lowest BCUT2D eigenvalue weighted by molar-refractivity contribution is 1.17. The van der Waals surface area contributed by atoms with Crippen LogP contribution in [0.15, 0.2) is 34.9 Å². The molecule has 0 saturated heterocycles. The number of nitrogens with one attached hydrogen (secondary N) is 1. The second-order valence-corrected chi connectivity index (χ2v) is 5.05. The predicted molar refractivity (Wildman–Crippen MR) is 76.6 cm³/mol.